The second-order valence-electron chi connectivity index (χ2n) is 6.72. The van der Waals surface area contributed by atoms with Crippen LogP contribution in [0.3, 0.4) is 0 Å². The summed E-state index contributed by atoms with van der Waals surface area (Å²) in [5.41, 5.74) is 1.48. The Morgan fingerprint density at radius 1 is 0.933 bits per heavy atom. The predicted octanol–water partition coefficient (Wildman–Crippen LogP) is 2.83. The van der Waals surface area contributed by atoms with E-state index in [4.69, 9.17) is 9.47 Å². The number of aliphatic hydroxyl groups is 1. The minimum atomic E-state index is -0.832. The van der Waals surface area contributed by atoms with E-state index < -0.39 is 17.7 Å². The molecule has 5 rings (SSSR count). The molecule has 8 nitrogen and oxygen atoms in total. The van der Waals surface area contributed by atoms with Crippen LogP contribution < -0.4 is 14.4 Å². The van der Waals surface area contributed by atoms with Crippen LogP contribution in [0.15, 0.2) is 72.8 Å². The van der Waals surface area contributed by atoms with Gasteiger partial charge in [-0.2, -0.15) is 0 Å². The highest BCUT2D eigenvalue weighted by molar-refractivity contribution is 6.51. The molecule has 30 heavy (non-hydrogen) atoms. The Kier molecular flexibility index (Phi) is 4.17. The van der Waals surface area contributed by atoms with Crippen LogP contribution in [0.25, 0.3) is 5.76 Å². The zero-order valence-corrected chi connectivity index (χ0v) is 15.6. The number of anilines is 1. The largest absolute Gasteiger partial charge is 0.507 e. The Bertz CT molecular complexity index is 1180. The maximum atomic E-state index is 13.1. The Morgan fingerprint density at radius 3 is 2.33 bits per heavy atom. The first-order chi connectivity index (χ1) is 14.6. The number of carbonyl (C=O) groups is 2. The average molecular weight is 401 g/mol. The number of hydrogen-bond donors (Lipinski definition) is 1. The summed E-state index contributed by atoms with van der Waals surface area (Å²) in [7, 11) is 0. The van der Waals surface area contributed by atoms with Crippen LogP contribution in [-0.2, 0) is 9.59 Å². The number of rotatable bonds is 3. The quantitative estimate of drug-likeness (QED) is 0.409. The van der Waals surface area contributed by atoms with Gasteiger partial charge < -0.3 is 14.6 Å². The van der Waals surface area contributed by atoms with Gasteiger partial charge in [0.25, 0.3) is 11.7 Å². The van der Waals surface area contributed by atoms with E-state index in [1.807, 2.05) is 0 Å². The minimum Gasteiger partial charge on any atom is -0.507 e. The highest BCUT2D eigenvalue weighted by Gasteiger charge is 2.47. The molecule has 1 fully saturated rings. The first-order valence-corrected chi connectivity index (χ1v) is 9.16. The molecule has 1 amide bonds. The van der Waals surface area contributed by atoms with Gasteiger partial charge in [0.2, 0.25) is 6.79 Å². The fourth-order valence-electron chi connectivity index (χ4n) is 3.66. The van der Waals surface area contributed by atoms with Gasteiger partial charge in [0, 0.05) is 42.1 Å². The summed E-state index contributed by atoms with van der Waals surface area (Å²) in [6.07, 6.45) is 6.15. The number of aliphatic hydroxyl groups excluding tert-OH is 1. The molecule has 2 aromatic heterocycles. The summed E-state index contributed by atoms with van der Waals surface area (Å²) in [6.45, 7) is 0.0907. The van der Waals surface area contributed by atoms with Crippen molar-refractivity contribution in [3.63, 3.8) is 0 Å². The van der Waals surface area contributed by atoms with Gasteiger partial charge in [-0.15, -0.1) is 0 Å². The van der Waals surface area contributed by atoms with Gasteiger partial charge in [-0.25, -0.2) is 0 Å². The number of benzene rings is 1. The van der Waals surface area contributed by atoms with Crippen molar-refractivity contribution in [1.82, 2.24) is 9.97 Å². The Balaban J connectivity index is 1.71. The molecule has 1 saturated heterocycles. The molecule has 3 aromatic rings. The third-order valence-electron chi connectivity index (χ3n) is 5.05. The van der Waals surface area contributed by atoms with Gasteiger partial charge in [-0.1, -0.05) is 0 Å². The molecular formula is C22H15N3O5. The fraction of sp³-hybridized carbons (Fsp3) is 0.0909. The number of fused-ring (bicyclic) bond motifs is 1. The molecule has 0 aliphatic carbocycles. The van der Waals surface area contributed by atoms with Crippen LogP contribution in [0, 0.1) is 0 Å². The lowest BCUT2D eigenvalue weighted by molar-refractivity contribution is -0.132. The number of ether oxygens (including phenoxy) is 2. The SMILES string of the molecule is O=C1C(=O)N(c2ccc3c(c2)OCO3)C(c2ccncc2)/C1=C(\O)c1ccncc1. The van der Waals surface area contributed by atoms with E-state index in [-0.39, 0.29) is 18.1 Å². The summed E-state index contributed by atoms with van der Waals surface area (Å²) in [5.74, 6) is -0.736. The topological polar surface area (TPSA) is 102 Å². The summed E-state index contributed by atoms with van der Waals surface area (Å²) in [4.78, 5) is 35.4. The number of amides is 1. The van der Waals surface area contributed by atoms with Crippen molar-refractivity contribution in [3.8, 4) is 11.5 Å². The minimum absolute atomic E-state index is 0.00457. The molecule has 1 unspecified atom stereocenters. The molecule has 0 radical (unpaired) electrons. The van der Waals surface area contributed by atoms with Gasteiger partial charge in [-0.05, 0) is 42.0 Å². The molecular weight excluding hydrogens is 386 g/mol. The Labute approximate surface area is 171 Å². The van der Waals surface area contributed by atoms with Crippen LogP contribution >= 0.6 is 0 Å². The van der Waals surface area contributed by atoms with Crippen molar-refractivity contribution in [1.29, 1.82) is 0 Å². The number of pyridine rings is 2. The molecule has 8 heteroatoms. The Morgan fingerprint density at radius 2 is 1.60 bits per heavy atom. The van der Waals surface area contributed by atoms with Crippen molar-refractivity contribution in [2.24, 2.45) is 0 Å². The lowest BCUT2D eigenvalue weighted by atomic mass is 9.96. The van der Waals surface area contributed by atoms with Crippen molar-refractivity contribution in [2.75, 3.05) is 11.7 Å². The predicted molar refractivity (Wildman–Crippen MR) is 106 cm³/mol. The fourth-order valence-corrected chi connectivity index (χ4v) is 3.66. The molecule has 148 valence electrons. The third kappa shape index (κ3) is 2.77. The molecule has 0 bridgehead atoms. The number of hydrogen-bond acceptors (Lipinski definition) is 7. The number of ketones is 1. The van der Waals surface area contributed by atoms with Crippen LogP contribution in [0.1, 0.15) is 17.2 Å². The number of aromatic nitrogens is 2. The van der Waals surface area contributed by atoms with Gasteiger partial charge >= 0.3 is 0 Å². The summed E-state index contributed by atoms with van der Waals surface area (Å²) in [6, 6.07) is 10.7. The summed E-state index contributed by atoms with van der Waals surface area (Å²) in [5, 5.41) is 11.0. The van der Waals surface area contributed by atoms with E-state index >= 15 is 0 Å². The van der Waals surface area contributed by atoms with Gasteiger partial charge in [0.05, 0.1) is 11.6 Å². The van der Waals surface area contributed by atoms with Crippen LogP contribution in [0.2, 0.25) is 0 Å². The standard InChI is InChI=1S/C22H15N3O5/c26-20(14-5-9-24-10-6-14)18-19(13-3-7-23-8-4-13)25(22(28)21(18)27)15-1-2-16-17(11-15)30-12-29-16/h1-11,19,26H,12H2/b20-18+. The van der Waals surface area contributed by atoms with Crippen molar-refractivity contribution >= 4 is 23.1 Å². The second kappa shape index (κ2) is 7.00. The number of Topliss-reactive ketones (excluding diaryl/α,β-unsaturated/α-hetero) is 1. The van der Waals surface area contributed by atoms with Crippen LogP contribution in [-0.4, -0.2) is 33.6 Å². The van der Waals surface area contributed by atoms with Crippen molar-refractivity contribution < 1.29 is 24.2 Å². The zero-order valence-electron chi connectivity index (χ0n) is 15.6. The van der Waals surface area contributed by atoms with E-state index in [0.717, 1.165) is 0 Å². The number of nitrogens with zero attached hydrogens (tertiary/aromatic N) is 3. The average Bonchev–Trinajstić information content (AvgIpc) is 3.36. The molecule has 2 aliphatic rings. The van der Waals surface area contributed by atoms with Gasteiger partial charge in [0.15, 0.2) is 11.5 Å². The lowest BCUT2D eigenvalue weighted by Gasteiger charge is -2.25. The molecule has 1 atom stereocenters. The smallest absolute Gasteiger partial charge is 0.300 e. The molecule has 1 aromatic carbocycles. The van der Waals surface area contributed by atoms with E-state index in [9.17, 15) is 14.7 Å². The van der Waals surface area contributed by atoms with Crippen molar-refractivity contribution in [2.45, 2.75) is 6.04 Å². The van der Waals surface area contributed by atoms with E-state index in [0.29, 0.717) is 28.3 Å². The van der Waals surface area contributed by atoms with Gasteiger partial charge in [-0.3, -0.25) is 24.5 Å². The Hall–Kier alpha value is -4.20. The molecule has 0 spiro atoms. The lowest BCUT2D eigenvalue weighted by Crippen LogP contribution is -2.29. The maximum absolute atomic E-state index is 13.1. The van der Waals surface area contributed by atoms with Crippen molar-refractivity contribution in [3.05, 3.63) is 84.0 Å². The van der Waals surface area contributed by atoms with E-state index in [2.05, 4.69) is 9.97 Å². The number of carbonyl (C=O) groups excluding carboxylic acids is 2. The molecule has 4 heterocycles. The monoisotopic (exact) mass is 401 g/mol. The third-order valence-corrected chi connectivity index (χ3v) is 5.05. The molecule has 0 saturated carbocycles. The summed E-state index contributed by atoms with van der Waals surface area (Å²) < 4.78 is 10.8. The van der Waals surface area contributed by atoms with E-state index in [1.165, 1.54) is 17.3 Å². The van der Waals surface area contributed by atoms with E-state index in [1.54, 1.807) is 54.9 Å². The first kappa shape index (κ1) is 17.9. The molecule has 2 aliphatic heterocycles. The first-order valence-electron chi connectivity index (χ1n) is 9.16. The highest BCUT2D eigenvalue weighted by atomic mass is 16.7. The van der Waals surface area contributed by atoms with Gasteiger partial charge in [0.1, 0.15) is 5.76 Å². The van der Waals surface area contributed by atoms with Crippen LogP contribution in [0.4, 0.5) is 5.69 Å². The maximum Gasteiger partial charge on any atom is 0.300 e. The normalized spacial score (nSPS) is 19.3. The molecule has 1 N–H and O–H groups in total. The second-order valence-corrected chi connectivity index (χ2v) is 6.72. The summed E-state index contributed by atoms with van der Waals surface area (Å²) >= 11 is 0. The highest BCUT2D eigenvalue weighted by Crippen LogP contribution is 2.44. The van der Waals surface area contributed by atoms with Crippen LogP contribution in [0.5, 0.6) is 11.5 Å². The zero-order chi connectivity index (χ0) is 20.7.